The maximum atomic E-state index is 3.07. The van der Waals surface area contributed by atoms with Crippen molar-refractivity contribution in [1.29, 1.82) is 0 Å². The molecule has 0 radical (unpaired) electrons. The molecule has 0 N–H and O–H groups in total. The number of rotatable bonds is 5. The van der Waals surface area contributed by atoms with Crippen LogP contribution in [-0.2, 0) is 0 Å². The van der Waals surface area contributed by atoms with Crippen LogP contribution in [0, 0.1) is 24.0 Å². The molecule has 0 saturated carbocycles. The molecular weight excluding hydrogens is 180 g/mol. The van der Waals surface area contributed by atoms with Crippen molar-refractivity contribution in [2.45, 2.75) is 46.5 Å². The van der Waals surface area contributed by atoms with Gasteiger partial charge in [-0.1, -0.05) is 46.2 Å². The van der Waals surface area contributed by atoms with Crippen molar-refractivity contribution >= 4 is 0 Å². The molecule has 2 unspecified atom stereocenters. The fourth-order valence-electron chi connectivity index (χ4n) is 2.08. The van der Waals surface area contributed by atoms with Gasteiger partial charge in [0.15, 0.2) is 0 Å². The molecule has 1 aromatic carbocycles. The maximum Gasteiger partial charge on any atom is -0.00801 e. The summed E-state index contributed by atoms with van der Waals surface area (Å²) in [7, 11) is 0. The highest BCUT2D eigenvalue weighted by Gasteiger charge is 2.18. The van der Waals surface area contributed by atoms with Crippen molar-refractivity contribution in [3.8, 4) is 0 Å². The van der Waals surface area contributed by atoms with Gasteiger partial charge in [0.1, 0.15) is 0 Å². The fraction of sp³-hybridized carbons (Fsp3) is 0.600. The van der Waals surface area contributed by atoms with E-state index < -0.39 is 0 Å². The first-order chi connectivity index (χ1) is 7.15. The van der Waals surface area contributed by atoms with Gasteiger partial charge in [-0.25, -0.2) is 0 Å². The molecule has 0 aliphatic rings. The smallest absolute Gasteiger partial charge is 0.00801 e. The first-order valence-electron chi connectivity index (χ1n) is 6.02. The van der Waals surface area contributed by atoms with E-state index in [1.807, 2.05) is 6.07 Å². The molecule has 0 aliphatic heterocycles. The third-order valence-corrected chi connectivity index (χ3v) is 3.17. The van der Waals surface area contributed by atoms with Gasteiger partial charge in [-0.2, -0.15) is 0 Å². The van der Waals surface area contributed by atoms with Crippen molar-refractivity contribution in [2.24, 2.45) is 11.8 Å². The summed E-state index contributed by atoms with van der Waals surface area (Å²) in [5.74, 6) is 2.19. The van der Waals surface area contributed by atoms with Gasteiger partial charge in [0.2, 0.25) is 0 Å². The Morgan fingerprint density at radius 2 is 1.93 bits per heavy atom. The van der Waals surface area contributed by atoms with Crippen LogP contribution in [0.1, 0.15) is 52.0 Å². The molecule has 1 aromatic rings. The lowest BCUT2D eigenvalue weighted by molar-refractivity contribution is 0.377. The Hall–Kier alpha value is -0.960. The molecule has 82 valence electrons. The average molecular weight is 202 g/mol. The van der Waals surface area contributed by atoms with Crippen molar-refractivity contribution < 1.29 is 0 Å². The summed E-state index contributed by atoms with van der Waals surface area (Å²) in [4.78, 5) is 0. The minimum absolute atomic E-state index is 0.681. The quantitative estimate of drug-likeness (QED) is 0.661. The van der Waals surface area contributed by atoms with Crippen LogP contribution in [0.4, 0.5) is 0 Å². The summed E-state index contributed by atoms with van der Waals surface area (Å²) in [5.41, 5.74) is 1.43. The van der Waals surface area contributed by atoms with Crippen molar-refractivity contribution in [1.82, 2.24) is 0 Å². The van der Waals surface area contributed by atoms with Gasteiger partial charge >= 0.3 is 0 Å². The lowest BCUT2D eigenvalue weighted by Crippen LogP contribution is -2.11. The summed E-state index contributed by atoms with van der Waals surface area (Å²) < 4.78 is 0. The maximum absolute atomic E-state index is 3.07. The SMILES string of the molecule is CCC(C)C(CC(C)C)c1cc#ccc1. The van der Waals surface area contributed by atoms with Crippen LogP contribution in [-0.4, -0.2) is 0 Å². The molecule has 0 amide bonds. The highest BCUT2D eigenvalue weighted by molar-refractivity contribution is 5.16. The topological polar surface area (TPSA) is 0 Å². The van der Waals surface area contributed by atoms with Gasteiger partial charge in [-0.05, 0) is 47.9 Å². The minimum Gasteiger partial charge on any atom is -0.0702 e. The van der Waals surface area contributed by atoms with E-state index in [2.05, 4.69) is 52.0 Å². The molecular formula is C15H22. The van der Waals surface area contributed by atoms with Crippen molar-refractivity contribution in [3.63, 3.8) is 0 Å². The van der Waals surface area contributed by atoms with Crippen molar-refractivity contribution in [2.75, 3.05) is 0 Å². The molecule has 0 heterocycles. The Balaban J connectivity index is 2.81. The molecule has 0 spiro atoms. The van der Waals surface area contributed by atoms with Crippen LogP contribution in [0.5, 0.6) is 0 Å². The first kappa shape index (κ1) is 12.1. The summed E-state index contributed by atoms with van der Waals surface area (Å²) in [6.07, 6.45) is 2.52. The van der Waals surface area contributed by atoms with Crippen molar-refractivity contribution in [3.05, 3.63) is 35.9 Å². The molecule has 0 nitrogen and oxygen atoms in total. The van der Waals surface area contributed by atoms with Crippen LogP contribution in [0.2, 0.25) is 0 Å². The van der Waals surface area contributed by atoms with Gasteiger partial charge in [0, 0.05) is 0 Å². The third-order valence-electron chi connectivity index (χ3n) is 3.17. The van der Waals surface area contributed by atoms with E-state index in [4.69, 9.17) is 0 Å². The monoisotopic (exact) mass is 202 g/mol. The van der Waals surface area contributed by atoms with Crippen LogP contribution >= 0.6 is 0 Å². The predicted octanol–water partition coefficient (Wildman–Crippen LogP) is 4.46. The Morgan fingerprint density at radius 3 is 2.40 bits per heavy atom. The minimum atomic E-state index is 0.681. The Bertz CT molecular complexity index is 261. The van der Waals surface area contributed by atoms with Crippen LogP contribution in [0.25, 0.3) is 0 Å². The van der Waals surface area contributed by atoms with E-state index in [0.29, 0.717) is 5.92 Å². The van der Waals surface area contributed by atoms with Crippen LogP contribution in [0.15, 0.2) is 18.2 Å². The molecule has 15 heavy (non-hydrogen) atoms. The normalized spacial score (nSPS) is 14.7. The zero-order chi connectivity index (χ0) is 11.3. The Morgan fingerprint density at radius 1 is 1.20 bits per heavy atom. The number of hydrogen-bond acceptors (Lipinski definition) is 0. The zero-order valence-electron chi connectivity index (χ0n) is 10.4. The van der Waals surface area contributed by atoms with E-state index in [1.54, 1.807) is 0 Å². The van der Waals surface area contributed by atoms with E-state index in [0.717, 1.165) is 11.8 Å². The molecule has 0 aromatic heterocycles. The molecule has 2 atom stereocenters. The molecule has 0 saturated heterocycles. The van der Waals surface area contributed by atoms with Gasteiger partial charge in [-0.15, -0.1) is 0 Å². The first-order valence-corrected chi connectivity index (χ1v) is 6.02. The fourth-order valence-corrected chi connectivity index (χ4v) is 2.08. The molecule has 0 aliphatic carbocycles. The molecule has 0 bridgehead atoms. The van der Waals surface area contributed by atoms with E-state index in [-0.39, 0.29) is 0 Å². The lowest BCUT2D eigenvalue weighted by Gasteiger charge is -2.24. The standard InChI is InChI=1S/C15H22/c1-5-13(4)15(11-12(2)3)14-9-7-6-8-10-14/h7,9-10,12-13,15H,5,11H2,1-4H3. The Labute approximate surface area is 94.7 Å². The second kappa shape index (κ2) is 5.81. The molecule has 0 heteroatoms. The highest BCUT2D eigenvalue weighted by atomic mass is 14.2. The lowest BCUT2D eigenvalue weighted by atomic mass is 9.80. The molecule has 0 fully saturated rings. The molecule has 1 rings (SSSR count). The predicted molar refractivity (Wildman–Crippen MR) is 65.8 cm³/mol. The van der Waals surface area contributed by atoms with E-state index >= 15 is 0 Å². The van der Waals surface area contributed by atoms with Crippen LogP contribution in [0.3, 0.4) is 0 Å². The number of hydrogen-bond donors (Lipinski definition) is 0. The van der Waals surface area contributed by atoms with E-state index in [9.17, 15) is 0 Å². The average Bonchev–Trinajstić information content (AvgIpc) is 2.26. The second-order valence-electron chi connectivity index (χ2n) is 4.89. The summed E-state index contributed by atoms with van der Waals surface area (Å²) in [6, 6.07) is 12.3. The van der Waals surface area contributed by atoms with E-state index in [1.165, 1.54) is 18.4 Å². The van der Waals surface area contributed by atoms with Gasteiger partial charge in [-0.3, -0.25) is 0 Å². The Kier molecular flexibility index (Phi) is 4.69. The summed E-state index contributed by atoms with van der Waals surface area (Å²) >= 11 is 0. The van der Waals surface area contributed by atoms with Gasteiger partial charge < -0.3 is 0 Å². The largest absolute Gasteiger partial charge is 0.0702 e. The third kappa shape index (κ3) is 3.59. The summed E-state index contributed by atoms with van der Waals surface area (Å²) in [5, 5.41) is 0. The zero-order valence-corrected chi connectivity index (χ0v) is 10.4. The van der Waals surface area contributed by atoms with Gasteiger partial charge in [0.05, 0.1) is 0 Å². The highest BCUT2D eigenvalue weighted by Crippen LogP contribution is 2.32. The van der Waals surface area contributed by atoms with Crippen LogP contribution < -0.4 is 0 Å². The summed E-state index contributed by atoms with van der Waals surface area (Å²) in [6.45, 7) is 9.23. The van der Waals surface area contributed by atoms with Gasteiger partial charge in [0.25, 0.3) is 0 Å². The second-order valence-corrected chi connectivity index (χ2v) is 4.89.